The quantitative estimate of drug-likeness (QED) is 0.351. The second-order valence-electron chi connectivity index (χ2n) is 6.85. The summed E-state index contributed by atoms with van der Waals surface area (Å²) in [7, 11) is 1.45. The summed E-state index contributed by atoms with van der Waals surface area (Å²) in [6, 6.07) is 14.7. The molecular formula is C24H19ClN2O6. The summed E-state index contributed by atoms with van der Waals surface area (Å²) in [5.41, 5.74) is 1.75. The van der Waals surface area contributed by atoms with Gasteiger partial charge in [-0.3, -0.25) is 4.79 Å². The van der Waals surface area contributed by atoms with Crippen LogP contribution in [0.5, 0.6) is 11.5 Å². The molecule has 1 heterocycles. The molecule has 2 N–H and O–H groups in total. The maximum absolute atomic E-state index is 12.6. The van der Waals surface area contributed by atoms with Crippen LogP contribution in [0.1, 0.15) is 27.4 Å². The minimum Gasteiger partial charge on any atom is -0.493 e. The Morgan fingerprint density at radius 2 is 1.97 bits per heavy atom. The number of benzene rings is 2. The van der Waals surface area contributed by atoms with E-state index in [1.807, 2.05) is 13.0 Å². The highest BCUT2D eigenvalue weighted by Crippen LogP contribution is 2.30. The highest BCUT2D eigenvalue weighted by atomic mass is 35.5. The van der Waals surface area contributed by atoms with Crippen molar-refractivity contribution in [3.63, 3.8) is 0 Å². The number of carbonyl (C=O) groups excluding carboxylic acids is 1. The number of methoxy groups -OCH3 is 1. The van der Waals surface area contributed by atoms with E-state index in [-0.39, 0.29) is 17.9 Å². The van der Waals surface area contributed by atoms with E-state index < -0.39 is 11.9 Å². The minimum absolute atomic E-state index is 0.0103. The van der Waals surface area contributed by atoms with Crippen LogP contribution in [0.2, 0.25) is 5.02 Å². The summed E-state index contributed by atoms with van der Waals surface area (Å²) in [6.07, 6.45) is 1.42. The van der Waals surface area contributed by atoms with Crippen LogP contribution >= 0.6 is 11.6 Å². The highest BCUT2D eigenvalue weighted by Gasteiger charge is 2.14. The lowest BCUT2D eigenvalue weighted by molar-refractivity contribution is -0.112. The number of hydrogen-bond acceptors (Lipinski definition) is 6. The standard InChI is InChI=1S/C24H19ClN2O6/c1-14-3-5-17(25)11-19(14)27-23(28)16(12-26)9-15-4-7-20(22(10-15)31-2)32-13-18-6-8-21(33-18)24(29)30/h3-11H,13H2,1-2H3,(H,27,28)(H,29,30)/b16-9-. The van der Waals surface area contributed by atoms with Gasteiger partial charge in [0.05, 0.1) is 7.11 Å². The van der Waals surface area contributed by atoms with Gasteiger partial charge in [0, 0.05) is 10.7 Å². The number of rotatable bonds is 8. The van der Waals surface area contributed by atoms with Gasteiger partial charge in [-0.2, -0.15) is 5.26 Å². The smallest absolute Gasteiger partial charge is 0.371 e. The van der Waals surface area contributed by atoms with Crippen molar-refractivity contribution in [2.24, 2.45) is 0 Å². The predicted molar refractivity (Wildman–Crippen MR) is 121 cm³/mol. The topological polar surface area (TPSA) is 122 Å². The monoisotopic (exact) mass is 466 g/mol. The van der Waals surface area contributed by atoms with Crippen molar-refractivity contribution >= 4 is 35.2 Å². The van der Waals surface area contributed by atoms with Crippen molar-refractivity contribution in [1.29, 1.82) is 5.26 Å². The second-order valence-corrected chi connectivity index (χ2v) is 7.29. The third-order valence-electron chi connectivity index (χ3n) is 4.55. The van der Waals surface area contributed by atoms with E-state index in [1.54, 1.807) is 36.4 Å². The molecule has 2 aromatic carbocycles. The second kappa shape index (κ2) is 10.4. The van der Waals surface area contributed by atoms with Gasteiger partial charge in [0.25, 0.3) is 5.91 Å². The Morgan fingerprint density at radius 1 is 1.18 bits per heavy atom. The summed E-state index contributed by atoms with van der Waals surface area (Å²) >= 11 is 5.98. The van der Waals surface area contributed by atoms with Crippen molar-refractivity contribution in [2.75, 3.05) is 12.4 Å². The normalized spacial score (nSPS) is 10.9. The number of carboxylic acids is 1. The van der Waals surface area contributed by atoms with Gasteiger partial charge in [-0.25, -0.2) is 4.79 Å². The van der Waals surface area contributed by atoms with Crippen LogP contribution in [-0.2, 0) is 11.4 Å². The lowest BCUT2D eigenvalue weighted by Gasteiger charge is -2.11. The van der Waals surface area contributed by atoms with Crippen molar-refractivity contribution in [3.05, 3.63) is 81.8 Å². The highest BCUT2D eigenvalue weighted by molar-refractivity contribution is 6.31. The molecule has 1 amide bonds. The molecule has 9 heteroatoms. The van der Waals surface area contributed by atoms with Crippen LogP contribution in [0, 0.1) is 18.3 Å². The molecule has 0 saturated heterocycles. The number of nitrogens with one attached hydrogen (secondary N) is 1. The van der Waals surface area contributed by atoms with Gasteiger partial charge in [0.15, 0.2) is 11.5 Å². The number of nitriles is 1. The first-order valence-corrected chi connectivity index (χ1v) is 10.0. The molecular weight excluding hydrogens is 448 g/mol. The molecule has 3 rings (SSSR count). The van der Waals surface area contributed by atoms with Crippen molar-refractivity contribution in [1.82, 2.24) is 0 Å². The summed E-state index contributed by atoms with van der Waals surface area (Å²) in [6.45, 7) is 1.81. The number of anilines is 1. The van der Waals surface area contributed by atoms with Crippen LogP contribution in [0.3, 0.4) is 0 Å². The fourth-order valence-electron chi connectivity index (χ4n) is 2.85. The number of hydrogen-bond donors (Lipinski definition) is 2. The number of aryl methyl sites for hydroxylation is 1. The number of ether oxygens (including phenoxy) is 2. The van der Waals surface area contributed by atoms with E-state index in [1.165, 1.54) is 25.3 Å². The van der Waals surface area contributed by atoms with E-state index >= 15 is 0 Å². The summed E-state index contributed by atoms with van der Waals surface area (Å²) in [4.78, 5) is 23.5. The third-order valence-corrected chi connectivity index (χ3v) is 4.79. The molecule has 0 saturated carbocycles. The molecule has 0 atom stereocenters. The van der Waals surface area contributed by atoms with Crippen LogP contribution in [-0.4, -0.2) is 24.1 Å². The first-order chi connectivity index (χ1) is 15.8. The number of aromatic carboxylic acids is 1. The first kappa shape index (κ1) is 23.4. The molecule has 0 radical (unpaired) electrons. The zero-order valence-corrected chi connectivity index (χ0v) is 18.5. The molecule has 3 aromatic rings. The molecule has 0 unspecified atom stereocenters. The van der Waals surface area contributed by atoms with Crippen LogP contribution < -0.4 is 14.8 Å². The zero-order valence-electron chi connectivity index (χ0n) is 17.7. The average Bonchev–Trinajstić information content (AvgIpc) is 3.28. The van der Waals surface area contributed by atoms with Gasteiger partial charge in [0.2, 0.25) is 5.76 Å². The molecule has 33 heavy (non-hydrogen) atoms. The Bertz CT molecular complexity index is 1270. The summed E-state index contributed by atoms with van der Waals surface area (Å²) < 4.78 is 16.2. The maximum atomic E-state index is 12.6. The van der Waals surface area contributed by atoms with Gasteiger partial charge in [0.1, 0.15) is 24.0 Å². The van der Waals surface area contributed by atoms with Gasteiger partial charge >= 0.3 is 5.97 Å². The van der Waals surface area contributed by atoms with E-state index in [2.05, 4.69) is 5.32 Å². The molecule has 168 valence electrons. The SMILES string of the molecule is COc1cc(/C=C(/C#N)C(=O)Nc2cc(Cl)ccc2C)ccc1OCc1ccc(C(=O)O)o1. The summed E-state index contributed by atoms with van der Waals surface area (Å²) in [5, 5.41) is 21.6. The molecule has 0 spiro atoms. The Morgan fingerprint density at radius 3 is 2.64 bits per heavy atom. The zero-order chi connectivity index (χ0) is 24.0. The fourth-order valence-corrected chi connectivity index (χ4v) is 3.02. The number of furan rings is 1. The Labute approximate surface area is 194 Å². The van der Waals surface area contributed by atoms with Crippen molar-refractivity contribution in [2.45, 2.75) is 13.5 Å². The van der Waals surface area contributed by atoms with Gasteiger partial charge in [-0.1, -0.05) is 23.7 Å². The van der Waals surface area contributed by atoms with Crippen molar-refractivity contribution < 1.29 is 28.6 Å². The van der Waals surface area contributed by atoms with Gasteiger partial charge in [-0.15, -0.1) is 0 Å². The predicted octanol–water partition coefficient (Wildman–Crippen LogP) is 5.07. The maximum Gasteiger partial charge on any atom is 0.371 e. The number of amides is 1. The number of carboxylic acid groups (broad SMARTS) is 1. The number of halogens is 1. The van der Waals surface area contributed by atoms with Crippen LogP contribution in [0.25, 0.3) is 6.08 Å². The molecule has 1 aromatic heterocycles. The van der Waals surface area contributed by atoms with E-state index in [9.17, 15) is 14.9 Å². The van der Waals surface area contributed by atoms with Crippen LogP contribution in [0.15, 0.2) is 58.5 Å². The van der Waals surface area contributed by atoms with E-state index in [0.717, 1.165) is 5.56 Å². The van der Waals surface area contributed by atoms with Crippen molar-refractivity contribution in [3.8, 4) is 17.6 Å². The fraction of sp³-hybridized carbons (Fsp3) is 0.125. The molecule has 0 fully saturated rings. The Hall–Kier alpha value is -4.22. The number of nitrogens with zero attached hydrogens (tertiary/aromatic N) is 1. The molecule has 0 aliphatic heterocycles. The summed E-state index contributed by atoms with van der Waals surface area (Å²) in [5.74, 6) is -0.862. The van der Waals surface area contributed by atoms with E-state index in [4.69, 9.17) is 30.6 Å². The molecule has 0 bridgehead atoms. The van der Waals surface area contributed by atoms with Gasteiger partial charge < -0.3 is 24.3 Å². The average molecular weight is 467 g/mol. The first-order valence-electron chi connectivity index (χ1n) is 9.63. The Balaban J connectivity index is 1.76. The van der Waals surface area contributed by atoms with E-state index in [0.29, 0.717) is 33.5 Å². The third kappa shape index (κ3) is 5.93. The molecule has 8 nitrogen and oxygen atoms in total. The largest absolute Gasteiger partial charge is 0.493 e. The Kier molecular flexibility index (Phi) is 7.38. The molecule has 0 aliphatic rings. The van der Waals surface area contributed by atoms with Gasteiger partial charge in [-0.05, 0) is 60.5 Å². The lowest BCUT2D eigenvalue weighted by Crippen LogP contribution is -2.14. The van der Waals surface area contributed by atoms with Crippen LogP contribution in [0.4, 0.5) is 5.69 Å². The minimum atomic E-state index is -1.17. The lowest BCUT2D eigenvalue weighted by atomic mass is 10.1. The molecule has 0 aliphatic carbocycles. The number of carbonyl (C=O) groups is 2.